The summed E-state index contributed by atoms with van der Waals surface area (Å²) in [6.07, 6.45) is 11.9. The van der Waals surface area contributed by atoms with Crippen LogP contribution < -0.4 is 0 Å². The van der Waals surface area contributed by atoms with Crippen molar-refractivity contribution in [1.82, 2.24) is 0 Å². The monoisotopic (exact) mass is 206 g/mol. The maximum atomic E-state index is 10.2. The van der Waals surface area contributed by atoms with Gasteiger partial charge >= 0.3 is 0 Å². The largest absolute Gasteiger partial charge is 0.378 e. The van der Waals surface area contributed by atoms with E-state index >= 15 is 0 Å². The van der Waals surface area contributed by atoms with Crippen LogP contribution in [0.25, 0.3) is 0 Å². The van der Waals surface area contributed by atoms with Crippen molar-refractivity contribution in [1.29, 1.82) is 0 Å². The van der Waals surface area contributed by atoms with Gasteiger partial charge in [0.1, 0.15) is 5.60 Å². The maximum Gasteiger partial charge on any atom is 0.125 e. The van der Waals surface area contributed by atoms with Crippen LogP contribution in [0, 0.1) is 17.8 Å². The summed E-state index contributed by atoms with van der Waals surface area (Å²) in [4.78, 5) is 0. The molecule has 15 heavy (non-hydrogen) atoms. The van der Waals surface area contributed by atoms with Crippen LogP contribution in [-0.2, 0) is 0 Å². The molecule has 2 rings (SSSR count). The fourth-order valence-corrected chi connectivity index (χ4v) is 2.74. The first-order valence-electron chi connectivity index (χ1n) is 6.54. The Labute approximate surface area is 93.3 Å². The van der Waals surface area contributed by atoms with Gasteiger partial charge in [0, 0.05) is 5.92 Å². The Kier molecular flexibility index (Phi) is 3.70. The third kappa shape index (κ3) is 3.24. The van der Waals surface area contributed by atoms with E-state index < -0.39 is 5.60 Å². The zero-order valence-corrected chi connectivity index (χ0v) is 9.60. The second kappa shape index (κ2) is 5.03. The van der Waals surface area contributed by atoms with Crippen molar-refractivity contribution in [3.05, 3.63) is 0 Å². The molecule has 84 valence electrons. The summed E-state index contributed by atoms with van der Waals surface area (Å²) in [6, 6.07) is 0. The summed E-state index contributed by atoms with van der Waals surface area (Å²) in [7, 11) is 0. The van der Waals surface area contributed by atoms with E-state index in [1.54, 1.807) is 0 Å². The van der Waals surface area contributed by atoms with Gasteiger partial charge in [-0.2, -0.15) is 0 Å². The van der Waals surface area contributed by atoms with E-state index in [0.717, 1.165) is 25.7 Å². The molecule has 1 N–H and O–H groups in total. The van der Waals surface area contributed by atoms with Gasteiger partial charge in [-0.05, 0) is 38.5 Å². The normalized spacial score (nSPS) is 26.7. The van der Waals surface area contributed by atoms with Crippen LogP contribution in [-0.4, -0.2) is 10.7 Å². The lowest BCUT2D eigenvalue weighted by Gasteiger charge is -2.27. The quantitative estimate of drug-likeness (QED) is 0.603. The lowest BCUT2D eigenvalue weighted by Crippen LogP contribution is -2.29. The van der Waals surface area contributed by atoms with Gasteiger partial charge in [0.2, 0.25) is 0 Å². The highest BCUT2D eigenvalue weighted by atomic mass is 16.3. The van der Waals surface area contributed by atoms with Crippen LogP contribution in [0.4, 0.5) is 0 Å². The van der Waals surface area contributed by atoms with Gasteiger partial charge in [0.05, 0.1) is 0 Å². The van der Waals surface area contributed by atoms with Crippen LogP contribution in [0.2, 0.25) is 0 Å². The van der Waals surface area contributed by atoms with Crippen LogP contribution in [0.15, 0.2) is 0 Å². The second-order valence-electron chi connectivity index (χ2n) is 5.20. The molecule has 2 fully saturated rings. The molecule has 0 saturated heterocycles. The number of aliphatic hydroxyl groups is 1. The van der Waals surface area contributed by atoms with Crippen LogP contribution >= 0.6 is 0 Å². The Morgan fingerprint density at radius 2 is 1.47 bits per heavy atom. The topological polar surface area (TPSA) is 20.2 Å². The molecule has 0 aromatic carbocycles. The van der Waals surface area contributed by atoms with Gasteiger partial charge in [0.15, 0.2) is 0 Å². The molecule has 0 bridgehead atoms. The summed E-state index contributed by atoms with van der Waals surface area (Å²) < 4.78 is 0. The molecule has 0 aromatic heterocycles. The summed E-state index contributed by atoms with van der Waals surface area (Å²) in [5, 5.41) is 10.2. The molecule has 0 heterocycles. The smallest absolute Gasteiger partial charge is 0.125 e. The van der Waals surface area contributed by atoms with E-state index in [-0.39, 0.29) is 0 Å². The Bertz CT molecular complexity index is 246. The molecule has 2 saturated carbocycles. The minimum atomic E-state index is -0.629. The number of rotatable bonds is 0. The van der Waals surface area contributed by atoms with E-state index in [9.17, 15) is 5.11 Å². The Balaban J connectivity index is 1.90. The zero-order valence-electron chi connectivity index (χ0n) is 9.60. The van der Waals surface area contributed by atoms with E-state index in [2.05, 4.69) is 11.8 Å². The van der Waals surface area contributed by atoms with Gasteiger partial charge in [-0.15, -0.1) is 0 Å². The standard InChI is InChI=1S/C14H22O/c15-14(10-5-2-6-11-14)12-9-13-7-3-1-4-8-13/h13,15H,1-8,10-11H2. The average Bonchev–Trinajstić information content (AvgIpc) is 2.29. The molecule has 0 spiro atoms. The van der Waals surface area contributed by atoms with Gasteiger partial charge in [-0.3, -0.25) is 0 Å². The summed E-state index contributed by atoms with van der Waals surface area (Å²) >= 11 is 0. The van der Waals surface area contributed by atoms with E-state index in [0.29, 0.717) is 5.92 Å². The van der Waals surface area contributed by atoms with Crippen molar-refractivity contribution in [3.8, 4) is 11.8 Å². The number of hydrogen-bond acceptors (Lipinski definition) is 1. The Morgan fingerprint density at radius 1 is 0.867 bits per heavy atom. The number of hydrogen-bond donors (Lipinski definition) is 1. The first-order chi connectivity index (χ1) is 7.29. The predicted octanol–water partition coefficient (Wildman–Crippen LogP) is 3.27. The molecule has 0 radical (unpaired) electrons. The minimum Gasteiger partial charge on any atom is -0.378 e. The summed E-state index contributed by atoms with van der Waals surface area (Å²) in [5.41, 5.74) is -0.629. The van der Waals surface area contributed by atoms with Gasteiger partial charge < -0.3 is 5.11 Å². The molecule has 0 aliphatic heterocycles. The van der Waals surface area contributed by atoms with Crippen molar-refractivity contribution in [2.24, 2.45) is 5.92 Å². The molecule has 0 unspecified atom stereocenters. The SMILES string of the molecule is OC1(C#CC2CCCCC2)CCCCC1. The molecule has 0 aromatic rings. The van der Waals surface area contributed by atoms with Crippen molar-refractivity contribution in [3.63, 3.8) is 0 Å². The molecule has 0 amide bonds. The van der Waals surface area contributed by atoms with Crippen molar-refractivity contribution < 1.29 is 5.11 Å². The van der Waals surface area contributed by atoms with Crippen LogP contribution in [0.3, 0.4) is 0 Å². The molecule has 2 aliphatic carbocycles. The highest BCUT2D eigenvalue weighted by Crippen LogP contribution is 2.28. The summed E-state index contributed by atoms with van der Waals surface area (Å²) in [6.45, 7) is 0. The van der Waals surface area contributed by atoms with Crippen molar-refractivity contribution >= 4 is 0 Å². The fraction of sp³-hybridized carbons (Fsp3) is 0.857. The van der Waals surface area contributed by atoms with Crippen LogP contribution in [0.1, 0.15) is 64.2 Å². The van der Waals surface area contributed by atoms with E-state index in [4.69, 9.17) is 0 Å². The third-order valence-electron chi connectivity index (χ3n) is 3.79. The molecular formula is C14H22O. The van der Waals surface area contributed by atoms with Gasteiger partial charge in [0.25, 0.3) is 0 Å². The van der Waals surface area contributed by atoms with Gasteiger partial charge in [-0.1, -0.05) is 37.5 Å². The minimum absolute atomic E-state index is 0.574. The molecular weight excluding hydrogens is 184 g/mol. The molecule has 1 nitrogen and oxygen atoms in total. The highest BCUT2D eigenvalue weighted by molar-refractivity contribution is 5.16. The highest BCUT2D eigenvalue weighted by Gasteiger charge is 2.26. The van der Waals surface area contributed by atoms with Crippen molar-refractivity contribution in [2.45, 2.75) is 69.8 Å². The molecule has 0 atom stereocenters. The van der Waals surface area contributed by atoms with E-state index in [1.807, 2.05) is 0 Å². The van der Waals surface area contributed by atoms with Crippen LogP contribution in [0.5, 0.6) is 0 Å². The Hall–Kier alpha value is -0.480. The lowest BCUT2D eigenvalue weighted by molar-refractivity contribution is 0.0607. The predicted molar refractivity (Wildman–Crippen MR) is 62.4 cm³/mol. The van der Waals surface area contributed by atoms with Crippen molar-refractivity contribution in [2.75, 3.05) is 0 Å². The first kappa shape index (κ1) is 11.0. The maximum absolute atomic E-state index is 10.2. The summed E-state index contributed by atoms with van der Waals surface area (Å²) in [5.74, 6) is 7.08. The third-order valence-corrected chi connectivity index (χ3v) is 3.79. The zero-order chi connectivity index (χ0) is 10.6. The first-order valence-corrected chi connectivity index (χ1v) is 6.54. The van der Waals surface area contributed by atoms with Gasteiger partial charge in [-0.25, -0.2) is 0 Å². The molecule has 1 heteroatoms. The lowest BCUT2D eigenvalue weighted by atomic mass is 9.84. The Morgan fingerprint density at radius 3 is 2.13 bits per heavy atom. The second-order valence-corrected chi connectivity index (χ2v) is 5.20. The fourth-order valence-electron chi connectivity index (χ4n) is 2.74. The molecule has 2 aliphatic rings. The van der Waals surface area contributed by atoms with E-state index in [1.165, 1.54) is 38.5 Å². The average molecular weight is 206 g/mol.